The number of carboxylic acids is 1. The fourth-order valence-corrected chi connectivity index (χ4v) is 3.02. The highest BCUT2D eigenvalue weighted by molar-refractivity contribution is 5.79. The van der Waals surface area contributed by atoms with Crippen molar-refractivity contribution in [2.75, 3.05) is 0 Å². The summed E-state index contributed by atoms with van der Waals surface area (Å²) in [7, 11) is 0. The smallest absolute Gasteiger partial charge is 0.345 e. The number of carbonyl (C=O) groups is 2. The maximum atomic E-state index is 11.3. The van der Waals surface area contributed by atoms with Gasteiger partial charge < -0.3 is 20.1 Å². The van der Waals surface area contributed by atoms with Crippen LogP contribution in [-0.4, -0.2) is 45.6 Å². The molecule has 0 bridgehead atoms. The lowest BCUT2D eigenvalue weighted by Crippen LogP contribution is -2.31. The molecule has 3 unspecified atom stereocenters. The summed E-state index contributed by atoms with van der Waals surface area (Å²) < 4.78 is 4.78. The van der Waals surface area contributed by atoms with Crippen LogP contribution in [0.25, 0.3) is 0 Å². The van der Waals surface area contributed by atoms with Gasteiger partial charge in [0.05, 0.1) is 6.10 Å². The van der Waals surface area contributed by atoms with E-state index in [-0.39, 0.29) is 12.5 Å². The lowest BCUT2D eigenvalue weighted by atomic mass is 10.0. The summed E-state index contributed by atoms with van der Waals surface area (Å²) in [6, 6.07) is 0. The summed E-state index contributed by atoms with van der Waals surface area (Å²) >= 11 is 0. The van der Waals surface area contributed by atoms with Crippen molar-refractivity contribution in [1.82, 2.24) is 0 Å². The molecule has 6 heteroatoms. The van der Waals surface area contributed by atoms with Crippen molar-refractivity contribution in [1.29, 1.82) is 0 Å². The maximum absolute atomic E-state index is 11.3. The highest BCUT2D eigenvalue weighted by Crippen LogP contribution is 2.15. The SMILES string of the molecule is CCCCCCC(O)CCCCCCCCCC(OC(=O)C(C)O)C(=O)O. The summed E-state index contributed by atoms with van der Waals surface area (Å²) in [4.78, 5) is 22.3. The number of ether oxygens (including phenoxy) is 1. The van der Waals surface area contributed by atoms with Gasteiger partial charge in [0.2, 0.25) is 0 Å². The van der Waals surface area contributed by atoms with Crippen LogP contribution in [0.1, 0.15) is 104 Å². The molecule has 0 heterocycles. The first-order chi connectivity index (χ1) is 12.9. The Bertz CT molecular complexity index is 383. The van der Waals surface area contributed by atoms with Gasteiger partial charge in [0.25, 0.3) is 0 Å². The molecule has 6 nitrogen and oxygen atoms in total. The van der Waals surface area contributed by atoms with Gasteiger partial charge in [0.1, 0.15) is 6.10 Å². The standard InChI is InChI=1S/C21H40O6/c1-3-4-5-11-14-18(23)15-12-9-7-6-8-10-13-16-19(20(24)25)27-21(26)17(2)22/h17-19,22-23H,3-16H2,1-2H3,(H,24,25). The van der Waals surface area contributed by atoms with Crippen LogP contribution in [-0.2, 0) is 14.3 Å². The van der Waals surface area contributed by atoms with E-state index in [9.17, 15) is 14.7 Å². The third-order valence-corrected chi connectivity index (χ3v) is 4.77. The van der Waals surface area contributed by atoms with Crippen molar-refractivity contribution < 1.29 is 29.6 Å². The first-order valence-corrected chi connectivity index (χ1v) is 10.7. The minimum absolute atomic E-state index is 0.154. The summed E-state index contributed by atoms with van der Waals surface area (Å²) in [5.41, 5.74) is 0. The molecule has 0 saturated carbocycles. The molecule has 0 aliphatic heterocycles. The van der Waals surface area contributed by atoms with Gasteiger partial charge in [-0.1, -0.05) is 71.1 Å². The lowest BCUT2D eigenvalue weighted by Gasteiger charge is -2.14. The van der Waals surface area contributed by atoms with Crippen LogP contribution < -0.4 is 0 Å². The van der Waals surface area contributed by atoms with E-state index in [2.05, 4.69) is 6.92 Å². The minimum atomic E-state index is -1.30. The van der Waals surface area contributed by atoms with Crippen LogP contribution in [0.15, 0.2) is 0 Å². The molecular formula is C21H40O6. The predicted molar refractivity (Wildman–Crippen MR) is 106 cm³/mol. The van der Waals surface area contributed by atoms with Gasteiger partial charge in [-0.05, 0) is 32.6 Å². The van der Waals surface area contributed by atoms with Gasteiger partial charge in [0, 0.05) is 0 Å². The second-order valence-corrected chi connectivity index (χ2v) is 7.50. The number of carboxylic acid groups (broad SMARTS) is 1. The summed E-state index contributed by atoms with van der Waals surface area (Å²) in [6.07, 6.45) is 11.3. The molecule has 0 fully saturated rings. The van der Waals surface area contributed by atoms with Gasteiger partial charge in [-0.2, -0.15) is 0 Å². The Morgan fingerprint density at radius 2 is 1.22 bits per heavy atom. The van der Waals surface area contributed by atoms with Crippen molar-refractivity contribution >= 4 is 11.9 Å². The molecule has 0 rings (SSSR count). The molecule has 0 aromatic rings. The van der Waals surface area contributed by atoms with Crippen LogP contribution in [0.2, 0.25) is 0 Å². The van der Waals surface area contributed by atoms with Crippen molar-refractivity contribution in [3.05, 3.63) is 0 Å². The Hall–Kier alpha value is -1.14. The van der Waals surface area contributed by atoms with E-state index in [1.54, 1.807) is 0 Å². The van der Waals surface area contributed by atoms with Crippen LogP contribution in [0.5, 0.6) is 0 Å². The Morgan fingerprint density at radius 3 is 1.67 bits per heavy atom. The zero-order chi connectivity index (χ0) is 20.5. The number of aliphatic hydroxyl groups excluding tert-OH is 2. The third kappa shape index (κ3) is 15.6. The van der Waals surface area contributed by atoms with Crippen molar-refractivity contribution in [3.8, 4) is 0 Å². The van der Waals surface area contributed by atoms with Crippen molar-refractivity contribution in [2.24, 2.45) is 0 Å². The maximum Gasteiger partial charge on any atom is 0.345 e. The molecule has 0 aliphatic rings. The monoisotopic (exact) mass is 388 g/mol. The molecule has 0 aliphatic carbocycles. The second kappa shape index (κ2) is 17.0. The van der Waals surface area contributed by atoms with Crippen LogP contribution in [0.3, 0.4) is 0 Å². The van der Waals surface area contributed by atoms with E-state index in [1.807, 2.05) is 0 Å². The molecule has 0 spiro atoms. The first-order valence-electron chi connectivity index (χ1n) is 10.7. The molecule has 0 amide bonds. The Morgan fingerprint density at radius 1 is 0.778 bits per heavy atom. The van der Waals surface area contributed by atoms with E-state index < -0.39 is 24.1 Å². The number of hydrogen-bond acceptors (Lipinski definition) is 5. The average molecular weight is 389 g/mol. The fraction of sp³-hybridized carbons (Fsp3) is 0.905. The third-order valence-electron chi connectivity index (χ3n) is 4.77. The topological polar surface area (TPSA) is 104 Å². The Labute approximate surface area is 164 Å². The summed E-state index contributed by atoms with van der Waals surface area (Å²) in [6.45, 7) is 3.44. The van der Waals surface area contributed by atoms with Gasteiger partial charge in [-0.3, -0.25) is 0 Å². The van der Waals surface area contributed by atoms with Crippen LogP contribution >= 0.6 is 0 Å². The first kappa shape index (κ1) is 25.9. The molecule has 0 saturated heterocycles. The predicted octanol–water partition coefficient (Wildman–Crippen LogP) is 4.21. The highest BCUT2D eigenvalue weighted by atomic mass is 16.6. The quantitative estimate of drug-likeness (QED) is 0.240. The Balaban J connectivity index is 3.57. The summed E-state index contributed by atoms with van der Waals surface area (Å²) in [5, 5.41) is 28.0. The second-order valence-electron chi connectivity index (χ2n) is 7.50. The van der Waals surface area contributed by atoms with Gasteiger partial charge in [-0.25, -0.2) is 9.59 Å². The van der Waals surface area contributed by atoms with Gasteiger partial charge in [-0.15, -0.1) is 0 Å². The molecule has 27 heavy (non-hydrogen) atoms. The zero-order valence-electron chi connectivity index (χ0n) is 17.2. The Kier molecular flexibility index (Phi) is 16.3. The van der Waals surface area contributed by atoms with Crippen LogP contribution in [0, 0.1) is 0 Å². The average Bonchev–Trinajstić information content (AvgIpc) is 2.62. The number of aliphatic carboxylic acids is 1. The molecule has 3 N–H and O–H groups in total. The number of aliphatic hydroxyl groups is 2. The number of hydrogen-bond donors (Lipinski definition) is 3. The number of rotatable bonds is 18. The fourth-order valence-electron chi connectivity index (χ4n) is 3.02. The van der Waals surface area contributed by atoms with Crippen molar-refractivity contribution in [2.45, 2.75) is 122 Å². The largest absolute Gasteiger partial charge is 0.479 e. The molecule has 0 aromatic heterocycles. The lowest BCUT2D eigenvalue weighted by molar-refractivity contribution is -0.169. The number of carbonyl (C=O) groups excluding carboxylic acids is 1. The van der Waals surface area contributed by atoms with E-state index in [1.165, 1.54) is 26.2 Å². The summed E-state index contributed by atoms with van der Waals surface area (Å²) in [5.74, 6) is -2.06. The van der Waals surface area contributed by atoms with Gasteiger partial charge >= 0.3 is 11.9 Å². The number of unbranched alkanes of at least 4 members (excludes halogenated alkanes) is 9. The highest BCUT2D eigenvalue weighted by Gasteiger charge is 2.23. The van der Waals surface area contributed by atoms with Gasteiger partial charge in [0.15, 0.2) is 6.10 Å². The minimum Gasteiger partial charge on any atom is -0.479 e. The van der Waals surface area contributed by atoms with Crippen molar-refractivity contribution in [3.63, 3.8) is 0 Å². The molecule has 3 atom stereocenters. The molecule has 0 aromatic carbocycles. The van der Waals surface area contributed by atoms with E-state index >= 15 is 0 Å². The van der Waals surface area contributed by atoms with E-state index in [4.69, 9.17) is 14.9 Å². The van der Waals surface area contributed by atoms with Crippen LogP contribution in [0.4, 0.5) is 0 Å². The molecule has 160 valence electrons. The molecule has 0 radical (unpaired) electrons. The van der Waals surface area contributed by atoms with E-state index in [0.29, 0.717) is 6.42 Å². The zero-order valence-corrected chi connectivity index (χ0v) is 17.2. The number of esters is 1. The normalized spacial score (nSPS) is 14.5. The van der Waals surface area contributed by atoms with E-state index in [0.717, 1.165) is 57.8 Å². The molecular weight excluding hydrogens is 348 g/mol.